The molecule has 0 aliphatic rings. The minimum Gasteiger partial charge on any atom is -0.355 e. The van der Waals surface area contributed by atoms with Gasteiger partial charge in [-0.05, 0) is 37.8 Å². The molecule has 0 bridgehead atoms. The maximum atomic E-state index is 12.6. The first kappa shape index (κ1) is 21.1. The van der Waals surface area contributed by atoms with Gasteiger partial charge in [0.25, 0.3) is 0 Å². The lowest BCUT2D eigenvalue weighted by molar-refractivity contribution is -0.120. The van der Waals surface area contributed by atoms with Crippen LogP contribution in [-0.2, 0) is 11.3 Å². The molecule has 3 rings (SSSR count). The number of thioether (sulfide) groups is 1. The summed E-state index contributed by atoms with van der Waals surface area (Å²) in [6, 6.07) is 18.4. The smallest absolute Gasteiger partial charge is 0.233 e. The van der Waals surface area contributed by atoms with Crippen LogP contribution in [0.1, 0.15) is 37.8 Å². The second kappa shape index (κ2) is 9.74. The molecule has 3 aromatic rings. The Labute approximate surface area is 176 Å². The Kier molecular flexibility index (Phi) is 7.09. The van der Waals surface area contributed by atoms with Gasteiger partial charge in [-0.2, -0.15) is 0 Å². The molecule has 2 atom stereocenters. The van der Waals surface area contributed by atoms with Gasteiger partial charge in [0.1, 0.15) is 0 Å². The molecule has 1 N–H and O–H groups in total. The maximum absolute atomic E-state index is 12.6. The average molecular weight is 409 g/mol. The van der Waals surface area contributed by atoms with Crippen LogP contribution in [0.2, 0.25) is 0 Å². The van der Waals surface area contributed by atoms with Gasteiger partial charge in [0.05, 0.1) is 5.25 Å². The Bertz CT molecular complexity index is 955. The predicted molar refractivity (Wildman–Crippen MR) is 119 cm³/mol. The van der Waals surface area contributed by atoms with Gasteiger partial charge < -0.3 is 9.88 Å². The van der Waals surface area contributed by atoms with Crippen molar-refractivity contribution in [3.05, 3.63) is 65.7 Å². The summed E-state index contributed by atoms with van der Waals surface area (Å²) < 4.78 is 2.07. The van der Waals surface area contributed by atoms with E-state index >= 15 is 0 Å². The van der Waals surface area contributed by atoms with Crippen molar-refractivity contribution in [1.82, 2.24) is 20.1 Å². The van der Waals surface area contributed by atoms with Crippen LogP contribution in [-0.4, -0.2) is 32.5 Å². The van der Waals surface area contributed by atoms with E-state index in [9.17, 15) is 4.79 Å². The number of hydrogen-bond donors (Lipinski definition) is 1. The van der Waals surface area contributed by atoms with Gasteiger partial charge in [-0.1, -0.05) is 73.3 Å². The van der Waals surface area contributed by atoms with E-state index in [4.69, 9.17) is 0 Å². The molecule has 0 fully saturated rings. The first-order chi connectivity index (χ1) is 14.0. The summed E-state index contributed by atoms with van der Waals surface area (Å²) in [5, 5.41) is 12.4. The number of nitrogens with one attached hydrogen (secondary N) is 1. The van der Waals surface area contributed by atoms with Crippen molar-refractivity contribution in [3.63, 3.8) is 0 Å². The number of nitrogens with zero attached hydrogens (tertiary/aromatic N) is 3. The fourth-order valence-corrected chi connectivity index (χ4v) is 4.13. The molecule has 1 amide bonds. The Morgan fingerprint density at radius 2 is 1.76 bits per heavy atom. The van der Waals surface area contributed by atoms with Gasteiger partial charge >= 0.3 is 0 Å². The summed E-state index contributed by atoms with van der Waals surface area (Å²) in [6.07, 6.45) is 0. The second-order valence-electron chi connectivity index (χ2n) is 7.18. The fraction of sp³-hybridized carbons (Fsp3) is 0.348. The van der Waals surface area contributed by atoms with E-state index in [1.54, 1.807) is 0 Å². The lowest BCUT2D eigenvalue weighted by Gasteiger charge is -2.16. The van der Waals surface area contributed by atoms with Crippen molar-refractivity contribution >= 4 is 17.7 Å². The summed E-state index contributed by atoms with van der Waals surface area (Å²) >= 11 is 1.45. The lowest BCUT2D eigenvalue weighted by atomic mass is 10.0. The lowest BCUT2D eigenvalue weighted by Crippen LogP contribution is -2.33. The van der Waals surface area contributed by atoms with Crippen LogP contribution >= 0.6 is 11.8 Å². The maximum Gasteiger partial charge on any atom is 0.233 e. The van der Waals surface area contributed by atoms with Gasteiger partial charge in [-0.3, -0.25) is 4.79 Å². The van der Waals surface area contributed by atoms with Gasteiger partial charge in [-0.25, -0.2) is 0 Å². The molecular formula is C23H28N4OS. The molecule has 2 aromatic carbocycles. The van der Waals surface area contributed by atoms with Crippen molar-refractivity contribution in [2.24, 2.45) is 0 Å². The molecule has 0 saturated heterocycles. The molecule has 152 valence electrons. The molecule has 0 aliphatic heterocycles. The zero-order valence-electron chi connectivity index (χ0n) is 17.4. The predicted octanol–water partition coefficient (Wildman–Crippen LogP) is 4.67. The normalized spacial score (nSPS) is 13.1. The van der Waals surface area contributed by atoms with Crippen molar-refractivity contribution in [3.8, 4) is 11.4 Å². The van der Waals surface area contributed by atoms with Crippen LogP contribution in [0.25, 0.3) is 11.4 Å². The van der Waals surface area contributed by atoms with Gasteiger partial charge in [0.15, 0.2) is 11.0 Å². The summed E-state index contributed by atoms with van der Waals surface area (Å²) in [5.41, 5.74) is 3.45. The molecule has 6 heteroatoms. The van der Waals surface area contributed by atoms with Crippen LogP contribution in [0.4, 0.5) is 0 Å². The molecule has 0 spiro atoms. The zero-order valence-corrected chi connectivity index (χ0v) is 18.2. The van der Waals surface area contributed by atoms with E-state index < -0.39 is 0 Å². The Morgan fingerprint density at radius 1 is 1.07 bits per heavy atom. The Hall–Kier alpha value is -2.60. The third-order valence-corrected chi connectivity index (χ3v) is 6.10. The molecule has 0 aliphatic carbocycles. The van der Waals surface area contributed by atoms with Crippen LogP contribution < -0.4 is 5.32 Å². The number of aromatic nitrogens is 3. The minimum atomic E-state index is -0.253. The van der Waals surface area contributed by atoms with Crippen LogP contribution in [0.3, 0.4) is 0 Å². The molecule has 5 nitrogen and oxygen atoms in total. The standard InChI is InChI=1S/C23H28N4OS/c1-5-27-21(20-14-10-9-11-16(20)2)25-26-23(27)29-18(4)22(28)24-15-17(3)19-12-7-6-8-13-19/h6-14,17-18H,5,15H2,1-4H3,(H,24,28)/t17-,18-/m0/s1. The molecule has 1 aromatic heterocycles. The summed E-state index contributed by atoms with van der Waals surface area (Å²) in [4.78, 5) is 12.6. The molecule has 1 heterocycles. The number of aryl methyl sites for hydroxylation is 1. The Balaban J connectivity index is 1.65. The van der Waals surface area contributed by atoms with E-state index in [2.05, 4.69) is 65.1 Å². The van der Waals surface area contributed by atoms with Crippen molar-refractivity contribution in [2.45, 2.75) is 50.6 Å². The Morgan fingerprint density at radius 3 is 2.45 bits per heavy atom. The van der Waals surface area contributed by atoms with Crippen LogP contribution in [0.5, 0.6) is 0 Å². The number of rotatable bonds is 8. The first-order valence-corrected chi connectivity index (χ1v) is 10.9. The fourth-order valence-electron chi connectivity index (χ4n) is 3.19. The molecule has 29 heavy (non-hydrogen) atoms. The number of hydrogen-bond acceptors (Lipinski definition) is 4. The average Bonchev–Trinajstić information content (AvgIpc) is 3.14. The largest absolute Gasteiger partial charge is 0.355 e. The van der Waals surface area contributed by atoms with Crippen molar-refractivity contribution in [1.29, 1.82) is 0 Å². The third kappa shape index (κ3) is 5.07. The quantitative estimate of drug-likeness (QED) is 0.550. The molecule has 0 radical (unpaired) electrons. The van der Waals surface area contributed by atoms with Gasteiger partial charge in [0.2, 0.25) is 5.91 Å². The summed E-state index contributed by atoms with van der Waals surface area (Å²) in [7, 11) is 0. The van der Waals surface area contributed by atoms with E-state index in [1.165, 1.54) is 17.3 Å². The van der Waals surface area contributed by atoms with Gasteiger partial charge in [-0.15, -0.1) is 10.2 Å². The number of amides is 1. The number of carbonyl (C=O) groups is 1. The third-order valence-electron chi connectivity index (χ3n) is 5.02. The molecule has 0 saturated carbocycles. The highest BCUT2D eigenvalue weighted by atomic mass is 32.2. The zero-order chi connectivity index (χ0) is 20.8. The number of benzene rings is 2. The van der Waals surface area contributed by atoms with E-state index in [-0.39, 0.29) is 17.1 Å². The van der Waals surface area contributed by atoms with E-state index in [1.807, 2.05) is 37.3 Å². The first-order valence-electron chi connectivity index (χ1n) is 9.99. The van der Waals surface area contributed by atoms with Crippen LogP contribution in [0.15, 0.2) is 59.8 Å². The van der Waals surface area contributed by atoms with E-state index in [0.29, 0.717) is 6.54 Å². The van der Waals surface area contributed by atoms with Crippen molar-refractivity contribution in [2.75, 3.05) is 6.54 Å². The summed E-state index contributed by atoms with van der Waals surface area (Å²) in [6.45, 7) is 9.54. The number of carbonyl (C=O) groups excluding carboxylic acids is 1. The van der Waals surface area contributed by atoms with Crippen LogP contribution in [0, 0.1) is 6.92 Å². The highest BCUT2D eigenvalue weighted by molar-refractivity contribution is 8.00. The monoisotopic (exact) mass is 408 g/mol. The van der Waals surface area contributed by atoms with Gasteiger partial charge in [0, 0.05) is 18.7 Å². The highest BCUT2D eigenvalue weighted by Crippen LogP contribution is 2.28. The van der Waals surface area contributed by atoms with E-state index in [0.717, 1.165) is 28.7 Å². The van der Waals surface area contributed by atoms with Crippen molar-refractivity contribution < 1.29 is 4.79 Å². The summed E-state index contributed by atoms with van der Waals surface area (Å²) in [5.74, 6) is 1.13. The second-order valence-corrected chi connectivity index (χ2v) is 8.49. The minimum absolute atomic E-state index is 0.0147. The SMILES string of the molecule is CCn1c(S[C@@H](C)C(=O)NC[C@H](C)c2ccccc2)nnc1-c1ccccc1C. The molecule has 0 unspecified atom stereocenters. The highest BCUT2D eigenvalue weighted by Gasteiger charge is 2.21. The topological polar surface area (TPSA) is 59.8 Å². The molecular weight excluding hydrogens is 380 g/mol.